The van der Waals surface area contributed by atoms with Crippen LogP contribution in [-0.4, -0.2) is 51.3 Å². The van der Waals surface area contributed by atoms with Gasteiger partial charge in [0.1, 0.15) is 11.5 Å². The lowest BCUT2D eigenvalue weighted by molar-refractivity contribution is 0.0622. The van der Waals surface area contributed by atoms with E-state index in [1.54, 1.807) is 35.4 Å². The minimum atomic E-state index is -0.504. The zero-order valence-corrected chi connectivity index (χ0v) is 15.8. The SMILES string of the molecule is O=C(c1ccccc1F)N1CCN(Cc2cc(=O)n3cc(Cl)ccc3n2)CC1. The number of piperazine rings is 1. The number of nitrogens with zero attached hydrogens (tertiary/aromatic N) is 4. The number of rotatable bonds is 3. The van der Waals surface area contributed by atoms with Crippen molar-refractivity contribution in [2.45, 2.75) is 6.54 Å². The van der Waals surface area contributed by atoms with Crippen LogP contribution < -0.4 is 5.56 Å². The lowest BCUT2D eigenvalue weighted by Crippen LogP contribution is -2.48. The molecule has 144 valence electrons. The second-order valence-corrected chi connectivity index (χ2v) is 7.15. The van der Waals surface area contributed by atoms with Gasteiger partial charge in [0.25, 0.3) is 11.5 Å². The topological polar surface area (TPSA) is 57.9 Å². The molecule has 1 amide bonds. The lowest BCUT2D eigenvalue weighted by atomic mass is 10.1. The number of pyridine rings is 1. The number of hydrogen-bond acceptors (Lipinski definition) is 4. The average Bonchev–Trinajstić information content (AvgIpc) is 2.69. The van der Waals surface area contributed by atoms with Gasteiger partial charge in [-0.15, -0.1) is 0 Å². The van der Waals surface area contributed by atoms with E-state index < -0.39 is 5.82 Å². The van der Waals surface area contributed by atoms with E-state index >= 15 is 0 Å². The minimum Gasteiger partial charge on any atom is -0.336 e. The van der Waals surface area contributed by atoms with Crippen LogP contribution in [0, 0.1) is 5.82 Å². The van der Waals surface area contributed by atoms with Crippen LogP contribution in [0.4, 0.5) is 4.39 Å². The maximum Gasteiger partial charge on any atom is 0.258 e. The Bertz CT molecular complexity index is 1090. The van der Waals surface area contributed by atoms with Gasteiger partial charge in [0, 0.05) is 45.0 Å². The van der Waals surface area contributed by atoms with Gasteiger partial charge in [-0.1, -0.05) is 23.7 Å². The van der Waals surface area contributed by atoms with Gasteiger partial charge in [-0.3, -0.25) is 18.9 Å². The summed E-state index contributed by atoms with van der Waals surface area (Å²) in [7, 11) is 0. The fraction of sp³-hybridized carbons (Fsp3) is 0.250. The first-order valence-electron chi connectivity index (χ1n) is 8.95. The second-order valence-electron chi connectivity index (χ2n) is 6.71. The van der Waals surface area contributed by atoms with Crippen molar-refractivity contribution < 1.29 is 9.18 Å². The number of benzene rings is 1. The summed E-state index contributed by atoms with van der Waals surface area (Å²) in [6.45, 7) is 2.75. The van der Waals surface area contributed by atoms with E-state index in [0.717, 1.165) is 0 Å². The average molecular weight is 401 g/mol. The van der Waals surface area contributed by atoms with E-state index in [2.05, 4.69) is 9.88 Å². The Hall–Kier alpha value is -2.77. The Kier molecular flexibility index (Phi) is 5.11. The zero-order chi connectivity index (χ0) is 19.7. The van der Waals surface area contributed by atoms with Crippen molar-refractivity contribution in [3.63, 3.8) is 0 Å². The molecule has 28 heavy (non-hydrogen) atoms. The molecule has 0 radical (unpaired) electrons. The summed E-state index contributed by atoms with van der Waals surface area (Å²) in [6.07, 6.45) is 1.54. The van der Waals surface area contributed by atoms with Crippen molar-refractivity contribution in [3.05, 3.63) is 81.1 Å². The molecule has 0 bridgehead atoms. The molecule has 3 aromatic rings. The Morgan fingerprint density at radius 2 is 1.86 bits per heavy atom. The van der Waals surface area contributed by atoms with E-state index in [4.69, 9.17) is 11.6 Å². The van der Waals surface area contributed by atoms with Gasteiger partial charge in [0.05, 0.1) is 16.3 Å². The van der Waals surface area contributed by atoms with Crippen LogP contribution in [0.25, 0.3) is 5.65 Å². The number of carbonyl (C=O) groups is 1. The molecule has 0 saturated carbocycles. The molecule has 1 fully saturated rings. The molecular formula is C20H18ClFN4O2. The molecular weight excluding hydrogens is 383 g/mol. The molecule has 8 heteroatoms. The van der Waals surface area contributed by atoms with E-state index in [9.17, 15) is 14.0 Å². The largest absolute Gasteiger partial charge is 0.336 e. The smallest absolute Gasteiger partial charge is 0.258 e. The van der Waals surface area contributed by atoms with Crippen molar-refractivity contribution in [2.24, 2.45) is 0 Å². The summed E-state index contributed by atoms with van der Waals surface area (Å²) in [4.78, 5) is 33.1. The standard InChI is InChI=1S/C20H18ClFN4O2/c21-14-5-6-18-23-15(11-19(27)26(18)12-14)13-24-7-9-25(10-8-24)20(28)16-3-1-2-4-17(16)22/h1-6,11-12H,7-10,13H2. The Morgan fingerprint density at radius 3 is 2.61 bits per heavy atom. The lowest BCUT2D eigenvalue weighted by Gasteiger charge is -2.34. The van der Waals surface area contributed by atoms with Crippen LogP contribution in [0.2, 0.25) is 5.02 Å². The molecule has 3 heterocycles. The van der Waals surface area contributed by atoms with Gasteiger partial charge in [-0.25, -0.2) is 9.37 Å². The highest BCUT2D eigenvalue weighted by atomic mass is 35.5. The molecule has 0 atom stereocenters. The summed E-state index contributed by atoms with van der Waals surface area (Å²) in [5.74, 6) is -0.799. The normalized spacial score (nSPS) is 15.1. The number of fused-ring (bicyclic) bond motifs is 1. The Balaban J connectivity index is 1.43. The first kappa shape index (κ1) is 18.6. The molecule has 1 aliphatic rings. The van der Waals surface area contributed by atoms with Gasteiger partial charge >= 0.3 is 0 Å². The summed E-state index contributed by atoms with van der Waals surface area (Å²) in [6, 6.07) is 10.9. The van der Waals surface area contributed by atoms with Crippen LogP contribution in [0.5, 0.6) is 0 Å². The van der Waals surface area contributed by atoms with Crippen LogP contribution in [0.1, 0.15) is 16.1 Å². The highest BCUT2D eigenvalue weighted by Crippen LogP contribution is 2.14. The van der Waals surface area contributed by atoms with Crippen molar-refractivity contribution >= 4 is 23.2 Å². The molecule has 1 saturated heterocycles. The number of hydrogen-bond donors (Lipinski definition) is 0. The van der Waals surface area contributed by atoms with Crippen LogP contribution >= 0.6 is 11.6 Å². The van der Waals surface area contributed by atoms with E-state index in [1.165, 1.54) is 22.6 Å². The molecule has 0 N–H and O–H groups in total. The molecule has 0 spiro atoms. The van der Waals surface area contributed by atoms with Gasteiger partial charge in [-0.05, 0) is 24.3 Å². The molecule has 6 nitrogen and oxygen atoms in total. The highest BCUT2D eigenvalue weighted by Gasteiger charge is 2.24. The summed E-state index contributed by atoms with van der Waals surface area (Å²) in [5.41, 5.74) is 1.12. The molecule has 2 aromatic heterocycles. The first-order chi connectivity index (χ1) is 13.5. The number of halogens is 2. The molecule has 4 rings (SSSR count). The third kappa shape index (κ3) is 3.76. The second kappa shape index (κ2) is 7.69. The van der Waals surface area contributed by atoms with Crippen molar-refractivity contribution in [1.82, 2.24) is 19.2 Å². The van der Waals surface area contributed by atoms with E-state index in [0.29, 0.717) is 49.1 Å². The predicted octanol–water partition coefficient (Wildman–Crippen LogP) is 2.45. The van der Waals surface area contributed by atoms with Gasteiger partial charge in [0.15, 0.2) is 0 Å². The first-order valence-corrected chi connectivity index (χ1v) is 9.33. The number of amides is 1. The maximum absolute atomic E-state index is 13.8. The summed E-state index contributed by atoms with van der Waals surface area (Å²) < 4.78 is 15.3. The van der Waals surface area contributed by atoms with Crippen molar-refractivity contribution in [3.8, 4) is 0 Å². The van der Waals surface area contributed by atoms with Crippen LogP contribution in [0.15, 0.2) is 53.5 Å². The quantitative estimate of drug-likeness (QED) is 0.677. The molecule has 0 unspecified atom stereocenters. The van der Waals surface area contributed by atoms with Gasteiger partial charge in [-0.2, -0.15) is 0 Å². The van der Waals surface area contributed by atoms with Crippen molar-refractivity contribution in [1.29, 1.82) is 0 Å². The van der Waals surface area contributed by atoms with Gasteiger partial charge < -0.3 is 4.90 Å². The summed E-state index contributed by atoms with van der Waals surface area (Å²) >= 11 is 5.93. The number of carbonyl (C=O) groups excluding carboxylic acids is 1. The number of aromatic nitrogens is 2. The molecule has 1 aliphatic heterocycles. The minimum absolute atomic E-state index is 0.0961. The Morgan fingerprint density at radius 1 is 1.11 bits per heavy atom. The monoisotopic (exact) mass is 400 g/mol. The summed E-state index contributed by atoms with van der Waals surface area (Å²) in [5, 5.41) is 0.472. The van der Waals surface area contributed by atoms with Gasteiger partial charge in [0.2, 0.25) is 0 Å². The van der Waals surface area contributed by atoms with E-state index in [1.807, 2.05) is 0 Å². The highest BCUT2D eigenvalue weighted by molar-refractivity contribution is 6.30. The maximum atomic E-state index is 13.8. The molecule has 0 aliphatic carbocycles. The third-order valence-corrected chi connectivity index (χ3v) is 5.05. The zero-order valence-electron chi connectivity index (χ0n) is 15.0. The van der Waals surface area contributed by atoms with Crippen LogP contribution in [0.3, 0.4) is 0 Å². The van der Waals surface area contributed by atoms with E-state index in [-0.39, 0.29) is 17.0 Å². The predicted molar refractivity (Wildman–Crippen MR) is 104 cm³/mol. The fourth-order valence-electron chi connectivity index (χ4n) is 3.35. The fourth-order valence-corrected chi connectivity index (χ4v) is 3.51. The molecule has 1 aromatic carbocycles. The Labute approximate surface area is 165 Å². The third-order valence-electron chi connectivity index (χ3n) is 4.83. The van der Waals surface area contributed by atoms with Crippen LogP contribution in [-0.2, 0) is 6.54 Å². The van der Waals surface area contributed by atoms with Crippen molar-refractivity contribution in [2.75, 3.05) is 26.2 Å².